The summed E-state index contributed by atoms with van der Waals surface area (Å²) in [5.74, 6) is 0.110. The van der Waals surface area contributed by atoms with Gasteiger partial charge < -0.3 is 20.7 Å². The maximum atomic E-state index is 10.0. The highest BCUT2D eigenvalue weighted by Gasteiger charge is 2.30. The first-order valence-electron chi connectivity index (χ1n) is 5.54. The van der Waals surface area contributed by atoms with Gasteiger partial charge in [-0.15, -0.1) is 12.4 Å². The van der Waals surface area contributed by atoms with Crippen LogP contribution in [0.1, 0.15) is 31.0 Å². The molecule has 1 aromatic rings. The van der Waals surface area contributed by atoms with Crippen molar-refractivity contribution in [2.75, 3.05) is 13.7 Å². The Morgan fingerprint density at radius 3 is 2.47 bits per heavy atom. The summed E-state index contributed by atoms with van der Waals surface area (Å²) in [4.78, 5) is 0. The molecule has 1 atom stereocenters. The molecule has 0 bridgehead atoms. The second-order valence-corrected chi connectivity index (χ2v) is 4.85. The summed E-state index contributed by atoms with van der Waals surface area (Å²) in [6.45, 7) is 3.43. The molecular weight excluding hydrogens is 268 g/mol. The first kappa shape index (κ1) is 17.5. The van der Waals surface area contributed by atoms with Crippen LogP contribution in [0.4, 0.5) is 0 Å². The number of hydrogen-bond acceptors (Lipinski definition) is 5. The van der Waals surface area contributed by atoms with Crippen LogP contribution in [-0.4, -0.2) is 23.9 Å². The normalized spacial score (nSPS) is 12.2. The van der Waals surface area contributed by atoms with E-state index >= 15 is 0 Å². The van der Waals surface area contributed by atoms with Crippen molar-refractivity contribution in [3.05, 3.63) is 23.3 Å². The van der Waals surface area contributed by atoms with Crippen molar-refractivity contribution >= 4 is 12.4 Å². The number of nitriles is 1. The summed E-state index contributed by atoms with van der Waals surface area (Å²) in [6, 6.07) is 4.33. The molecule has 0 fully saturated rings. The van der Waals surface area contributed by atoms with E-state index in [1.807, 2.05) is 6.07 Å². The van der Waals surface area contributed by atoms with Crippen LogP contribution in [0, 0.1) is 16.7 Å². The fraction of sp³-hybridized carbons (Fsp3) is 0.462. The predicted molar refractivity (Wildman–Crippen MR) is 74.4 cm³/mol. The molecule has 106 valence electrons. The summed E-state index contributed by atoms with van der Waals surface area (Å²) < 4.78 is 5.01. The number of phenolic OH excluding ortho intramolecular Hbond substituents is 1. The highest BCUT2D eigenvalue weighted by atomic mass is 35.5. The molecule has 6 heteroatoms. The van der Waals surface area contributed by atoms with Crippen LogP contribution in [-0.2, 0) is 0 Å². The number of nitrogens with two attached hydrogens (primary N) is 1. The number of methoxy groups -OCH3 is 1. The summed E-state index contributed by atoms with van der Waals surface area (Å²) in [6.07, 6.45) is 0. The fourth-order valence-corrected chi connectivity index (χ4v) is 1.61. The Labute approximate surface area is 119 Å². The van der Waals surface area contributed by atoms with Gasteiger partial charge in [0.1, 0.15) is 0 Å². The van der Waals surface area contributed by atoms with E-state index in [1.54, 1.807) is 13.8 Å². The van der Waals surface area contributed by atoms with E-state index in [2.05, 4.69) is 0 Å². The number of phenols is 1. The number of halogens is 1. The van der Waals surface area contributed by atoms with Gasteiger partial charge in [0.25, 0.3) is 0 Å². The van der Waals surface area contributed by atoms with Crippen molar-refractivity contribution in [1.82, 2.24) is 0 Å². The largest absolute Gasteiger partial charge is 0.504 e. The molecule has 0 saturated carbocycles. The standard InChI is InChI=1S/C13H18N2O3.ClH/c1-13(2,7-16)12(15)9-4-8(6-14)5-10(18-3)11(9)17;/h4-5,12,16-17H,7,15H2,1-3H3;1H/t12-;/m1./s1. The van der Waals surface area contributed by atoms with Crippen molar-refractivity contribution < 1.29 is 14.9 Å². The quantitative estimate of drug-likeness (QED) is 0.782. The number of aliphatic hydroxyl groups is 1. The van der Waals surface area contributed by atoms with Crippen LogP contribution in [0.2, 0.25) is 0 Å². The molecule has 4 N–H and O–H groups in total. The van der Waals surface area contributed by atoms with Gasteiger partial charge in [0.15, 0.2) is 11.5 Å². The van der Waals surface area contributed by atoms with Crippen LogP contribution < -0.4 is 10.5 Å². The van der Waals surface area contributed by atoms with E-state index in [0.29, 0.717) is 11.1 Å². The molecule has 0 spiro atoms. The van der Waals surface area contributed by atoms with E-state index in [4.69, 9.17) is 15.7 Å². The van der Waals surface area contributed by atoms with E-state index in [9.17, 15) is 10.2 Å². The molecule has 0 heterocycles. The fourth-order valence-electron chi connectivity index (χ4n) is 1.61. The molecule has 0 aliphatic heterocycles. The van der Waals surface area contributed by atoms with Crippen molar-refractivity contribution in [1.29, 1.82) is 5.26 Å². The minimum absolute atomic E-state index is 0. The molecule has 1 rings (SSSR count). The smallest absolute Gasteiger partial charge is 0.162 e. The second kappa shape index (κ2) is 6.62. The molecule has 0 unspecified atom stereocenters. The van der Waals surface area contributed by atoms with Crippen molar-refractivity contribution in [3.8, 4) is 17.6 Å². The van der Waals surface area contributed by atoms with E-state index in [1.165, 1.54) is 19.2 Å². The molecule has 1 aromatic carbocycles. The lowest BCUT2D eigenvalue weighted by Crippen LogP contribution is -2.32. The molecule has 0 saturated heterocycles. The van der Waals surface area contributed by atoms with E-state index in [0.717, 1.165) is 0 Å². The third-order valence-electron chi connectivity index (χ3n) is 3.04. The van der Waals surface area contributed by atoms with Crippen molar-refractivity contribution in [2.24, 2.45) is 11.1 Å². The molecular formula is C13H19ClN2O3. The van der Waals surface area contributed by atoms with Gasteiger partial charge in [-0.1, -0.05) is 13.8 Å². The SMILES string of the molecule is COc1cc(C#N)cc([C@@H](N)C(C)(C)CO)c1O.Cl. The van der Waals surface area contributed by atoms with Crippen LogP contribution in [0.3, 0.4) is 0 Å². The molecule has 5 nitrogen and oxygen atoms in total. The average molecular weight is 287 g/mol. The number of rotatable bonds is 4. The highest BCUT2D eigenvalue weighted by Crippen LogP contribution is 2.40. The zero-order chi connectivity index (χ0) is 13.9. The molecule has 19 heavy (non-hydrogen) atoms. The Hall–Kier alpha value is -1.48. The Balaban J connectivity index is 0.00000324. The lowest BCUT2D eigenvalue weighted by atomic mass is 9.81. The van der Waals surface area contributed by atoms with Crippen molar-refractivity contribution in [2.45, 2.75) is 19.9 Å². The number of aromatic hydroxyl groups is 1. The summed E-state index contributed by atoms with van der Waals surface area (Å²) in [5, 5.41) is 28.3. The van der Waals surface area contributed by atoms with Gasteiger partial charge in [0, 0.05) is 29.7 Å². The van der Waals surface area contributed by atoms with Gasteiger partial charge in [-0.3, -0.25) is 0 Å². The Kier molecular flexibility index (Phi) is 6.10. The maximum absolute atomic E-state index is 10.0. The molecule has 0 radical (unpaired) electrons. The highest BCUT2D eigenvalue weighted by molar-refractivity contribution is 5.85. The van der Waals surface area contributed by atoms with Crippen LogP contribution in [0.25, 0.3) is 0 Å². The molecule has 0 aromatic heterocycles. The minimum Gasteiger partial charge on any atom is -0.504 e. The molecule has 0 aliphatic rings. The summed E-state index contributed by atoms with van der Waals surface area (Å²) >= 11 is 0. The first-order chi connectivity index (χ1) is 8.37. The van der Waals surface area contributed by atoms with Gasteiger partial charge in [-0.2, -0.15) is 5.26 Å². The molecule has 0 aliphatic carbocycles. The zero-order valence-corrected chi connectivity index (χ0v) is 12.0. The topological polar surface area (TPSA) is 99.5 Å². The van der Waals surface area contributed by atoms with Gasteiger partial charge in [0.05, 0.1) is 18.7 Å². The Morgan fingerprint density at radius 2 is 2.05 bits per heavy atom. The lowest BCUT2D eigenvalue weighted by Gasteiger charge is -2.30. The number of aliphatic hydroxyl groups excluding tert-OH is 1. The van der Waals surface area contributed by atoms with Gasteiger partial charge in [0.2, 0.25) is 0 Å². The van der Waals surface area contributed by atoms with Crippen molar-refractivity contribution in [3.63, 3.8) is 0 Å². The summed E-state index contributed by atoms with van der Waals surface area (Å²) in [7, 11) is 1.41. The summed E-state index contributed by atoms with van der Waals surface area (Å²) in [5.41, 5.74) is 6.18. The third-order valence-corrected chi connectivity index (χ3v) is 3.04. The molecule has 0 amide bonds. The van der Waals surface area contributed by atoms with Crippen LogP contribution in [0.15, 0.2) is 12.1 Å². The lowest BCUT2D eigenvalue weighted by molar-refractivity contribution is 0.131. The first-order valence-corrected chi connectivity index (χ1v) is 5.54. The van der Waals surface area contributed by atoms with Crippen LogP contribution in [0.5, 0.6) is 11.5 Å². The average Bonchev–Trinajstić information content (AvgIpc) is 2.38. The van der Waals surface area contributed by atoms with Gasteiger partial charge >= 0.3 is 0 Å². The number of ether oxygens (including phenoxy) is 1. The monoisotopic (exact) mass is 286 g/mol. The second-order valence-electron chi connectivity index (χ2n) is 4.85. The predicted octanol–water partition coefficient (Wildman–Crippen LogP) is 1.71. The zero-order valence-electron chi connectivity index (χ0n) is 11.2. The van der Waals surface area contributed by atoms with Gasteiger partial charge in [-0.05, 0) is 6.07 Å². The minimum atomic E-state index is -0.615. The Bertz CT molecular complexity index is 484. The third kappa shape index (κ3) is 3.51. The number of hydrogen-bond donors (Lipinski definition) is 3. The van der Waals surface area contributed by atoms with E-state index < -0.39 is 11.5 Å². The van der Waals surface area contributed by atoms with Crippen LogP contribution >= 0.6 is 12.4 Å². The number of nitrogens with zero attached hydrogens (tertiary/aromatic N) is 1. The Morgan fingerprint density at radius 1 is 1.47 bits per heavy atom. The number of benzene rings is 1. The van der Waals surface area contributed by atoms with E-state index in [-0.39, 0.29) is 30.5 Å². The van der Waals surface area contributed by atoms with Gasteiger partial charge in [-0.25, -0.2) is 0 Å². The maximum Gasteiger partial charge on any atom is 0.162 e.